The van der Waals surface area contributed by atoms with Crippen molar-refractivity contribution in [2.24, 2.45) is 7.05 Å². The maximum Gasteiger partial charge on any atom is 0.382 e. The molecular formula is C22H22N4O5S. The number of imidazole rings is 1. The van der Waals surface area contributed by atoms with Crippen molar-refractivity contribution in [3.05, 3.63) is 99.8 Å². The molecule has 0 unspecified atom stereocenters. The van der Waals surface area contributed by atoms with Gasteiger partial charge in [-0.3, -0.25) is 4.79 Å². The molecule has 0 saturated heterocycles. The number of hydrogen-bond donors (Lipinski definition) is 1. The van der Waals surface area contributed by atoms with E-state index < -0.39 is 32.5 Å². The van der Waals surface area contributed by atoms with E-state index >= 15 is 0 Å². The zero-order chi connectivity index (χ0) is 23.1. The maximum absolute atomic E-state index is 12.7. The Labute approximate surface area is 185 Å². The molecule has 1 N–H and O–H groups in total. The minimum atomic E-state index is -3.70. The molecule has 1 aromatic heterocycles. The average molecular weight is 455 g/mol. The normalized spacial score (nSPS) is 12.5. The van der Waals surface area contributed by atoms with Crippen molar-refractivity contribution >= 4 is 21.6 Å². The fraction of sp³-hybridized carbons (Fsp3) is 0.182. The third-order valence-corrected chi connectivity index (χ3v) is 6.16. The Kier molecular flexibility index (Phi) is 7.16. The monoisotopic (exact) mass is 454 g/mol. The van der Waals surface area contributed by atoms with Crippen LogP contribution < -0.4 is 5.32 Å². The Morgan fingerprint density at radius 2 is 1.78 bits per heavy atom. The lowest BCUT2D eigenvalue weighted by Crippen LogP contribution is -2.35. The molecule has 0 aliphatic heterocycles. The molecule has 0 spiro atoms. The zero-order valence-corrected chi connectivity index (χ0v) is 18.1. The van der Waals surface area contributed by atoms with Crippen LogP contribution in [0.5, 0.6) is 0 Å². The van der Waals surface area contributed by atoms with E-state index in [1.807, 2.05) is 30.3 Å². The van der Waals surface area contributed by atoms with Gasteiger partial charge in [0.1, 0.15) is 6.20 Å². The van der Waals surface area contributed by atoms with Crippen LogP contribution in [0.2, 0.25) is 0 Å². The average Bonchev–Trinajstić information content (AvgIpc) is 3.19. The quantitative estimate of drug-likeness (QED) is 0.391. The highest BCUT2D eigenvalue weighted by molar-refractivity contribution is 7.94. The van der Waals surface area contributed by atoms with E-state index in [-0.39, 0.29) is 10.7 Å². The first-order chi connectivity index (χ1) is 15.3. The highest BCUT2D eigenvalue weighted by Gasteiger charge is 2.25. The van der Waals surface area contributed by atoms with Crippen LogP contribution in [0.4, 0.5) is 5.82 Å². The van der Waals surface area contributed by atoms with E-state index in [1.165, 1.54) is 29.8 Å². The standard InChI is InChI=1S/C22H22N4O5S/c1-25-16-20(26(28)29)24-21(25)22(27)23-18(13-12-17-8-4-2-5-9-17)14-15-32(30,31)19-10-6-3-7-11-19/h2-11,14-16,18H,12-13H2,1H3,(H,23,27)/b15-14+/t18-/m0/s1. The molecule has 0 fully saturated rings. The second-order valence-corrected chi connectivity index (χ2v) is 8.92. The molecule has 0 saturated carbocycles. The Balaban J connectivity index is 1.81. The zero-order valence-electron chi connectivity index (χ0n) is 17.3. The lowest BCUT2D eigenvalue weighted by atomic mass is 10.1. The number of aryl methyl sites for hydroxylation is 2. The number of aromatic nitrogens is 2. The topological polar surface area (TPSA) is 124 Å². The van der Waals surface area contributed by atoms with E-state index in [9.17, 15) is 23.3 Å². The van der Waals surface area contributed by atoms with E-state index in [0.29, 0.717) is 12.8 Å². The van der Waals surface area contributed by atoms with Crippen molar-refractivity contribution in [2.45, 2.75) is 23.8 Å². The van der Waals surface area contributed by atoms with Crippen molar-refractivity contribution in [3.63, 3.8) is 0 Å². The van der Waals surface area contributed by atoms with Gasteiger partial charge in [0.2, 0.25) is 0 Å². The van der Waals surface area contributed by atoms with Gasteiger partial charge in [-0.25, -0.2) is 8.42 Å². The van der Waals surface area contributed by atoms with Gasteiger partial charge in [0.25, 0.3) is 0 Å². The molecule has 0 aliphatic carbocycles. The summed E-state index contributed by atoms with van der Waals surface area (Å²) in [6.07, 6.45) is 3.56. The molecular weight excluding hydrogens is 432 g/mol. The number of sulfone groups is 1. The summed E-state index contributed by atoms with van der Waals surface area (Å²) in [6, 6.07) is 16.9. The number of carbonyl (C=O) groups excluding carboxylic acids is 1. The van der Waals surface area contributed by atoms with Crippen molar-refractivity contribution in [2.75, 3.05) is 0 Å². The molecule has 0 bridgehead atoms. The fourth-order valence-corrected chi connectivity index (χ4v) is 4.14. The second-order valence-electron chi connectivity index (χ2n) is 7.08. The molecule has 1 heterocycles. The molecule has 1 amide bonds. The van der Waals surface area contributed by atoms with Crippen LogP contribution in [-0.2, 0) is 23.3 Å². The summed E-state index contributed by atoms with van der Waals surface area (Å²) in [5.41, 5.74) is 1.03. The maximum atomic E-state index is 12.7. The van der Waals surface area contributed by atoms with Crippen molar-refractivity contribution in [3.8, 4) is 0 Å². The summed E-state index contributed by atoms with van der Waals surface area (Å²) in [7, 11) is -2.22. The summed E-state index contributed by atoms with van der Waals surface area (Å²) in [5.74, 6) is -1.22. The first kappa shape index (κ1) is 22.9. The Morgan fingerprint density at radius 3 is 2.38 bits per heavy atom. The molecule has 0 aliphatic rings. The van der Waals surface area contributed by atoms with Gasteiger partial charge in [-0.1, -0.05) is 54.6 Å². The molecule has 9 nitrogen and oxygen atoms in total. The molecule has 32 heavy (non-hydrogen) atoms. The van der Waals surface area contributed by atoms with Crippen LogP contribution in [0, 0.1) is 10.1 Å². The van der Waals surface area contributed by atoms with Gasteiger partial charge in [-0.05, 0) is 40.4 Å². The van der Waals surface area contributed by atoms with Gasteiger partial charge in [0, 0.05) is 18.5 Å². The minimum Gasteiger partial charge on any atom is -0.358 e. The third kappa shape index (κ3) is 5.88. The van der Waals surface area contributed by atoms with Gasteiger partial charge < -0.3 is 20.0 Å². The number of carbonyl (C=O) groups is 1. The molecule has 1 atom stereocenters. The molecule has 2 aromatic carbocycles. The lowest BCUT2D eigenvalue weighted by Gasteiger charge is -2.14. The molecule has 3 aromatic rings. The van der Waals surface area contributed by atoms with Crippen molar-refractivity contribution in [1.29, 1.82) is 0 Å². The van der Waals surface area contributed by atoms with Crippen LogP contribution >= 0.6 is 0 Å². The number of benzene rings is 2. The van der Waals surface area contributed by atoms with Crippen molar-refractivity contribution < 1.29 is 18.1 Å². The van der Waals surface area contributed by atoms with Gasteiger partial charge >= 0.3 is 17.5 Å². The largest absolute Gasteiger partial charge is 0.382 e. The summed E-state index contributed by atoms with van der Waals surface area (Å²) in [6.45, 7) is 0. The highest BCUT2D eigenvalue weighted by Crippen LogP contribution is 2.14. The first-order valence-electron chi connectivity index (χ1n) is 9.77. The van der Waals surface area contributed by atoms with Crippen LogP contribution in [0.25, 0.3) is 0 Å². The van der Waals surface area contributed by atoms with Crippen LogP contribution in [0.3, 0.4) is 0 Å². The number of nitro groups is 1. The van der Waals surface area contributed by atoms with E-state index in [2.05, 4.69) is 10.3 Å². The van der Waals surface area contributed by atoms with Gasteiger partial charge in [-0.15, -0.1) is 0 Å². The second kappa shape index (κ2) is 10.0. The molecule has 166 valence electrons. The number of hydrogen-bond acceptors (Lipinski definition) is 6. The Hall–Kier alpha value is -3.79. The SMILES string of the molecule is Cn1cc([N+](=O)[O-])nc1C(=O)N[C@H](/C=C/S(=O)(=O)c1ccccc1)CCc1ccccc1. The summed E-state index contributed by atoms with van der Waals surface area (Å²) >= 11 is 0. The van der Waals surface area contributed by atoms with Gasteiger partial charge in [0.15, 0.2) is 9.84 Å². The van der Waals surface area contributed by atoms with Crippen LogP contribution in [0.15, 0.2) is 83.2 Å². The summed E-state index contributed by atoms with van der Waals surface area (Å²) in [5, 5.41) is 14.7. The Bertz CT molecular complexity index is 1220. The number of amides is 1. The molecule has 3 rings (SSSR count). The van der Waals surface area contributed by atoms with Crippen LogP contribution in [-0.4, -0.2) is 34.8 Å². The van der Waals surface area contributed by atoms with E-state index in [0.717, 1.165) is 17.2 Å². The highest BCUT2D eigenvalue weighted by atomic mass is 32.2. The number of nitrogens with one attached hydrogen (secondary N) is 1. The van der Waals surface area contributed by atoms with E-state index in [1.54, 1.807) is 18.2 Å². The third-order valence-electron chi connectivity index (χ3n) is 4.72. The Morgan fingerprint density at radius 1 is 1.16 bits per heavy atom. The molecule has 0 radical (unpaired) electrons. The first-order valence-corrected chi connectivity index (χ1v) is 11.3. The van der Waals surface area contributed by atoms with Gasteiger partial charge in [0.05, 0.1) is 4.90 Å². The van der Waals surface area contributed by atoms with Gasteiger partial charge in [-0.2, -0.15) is 0 Å². The fourth-order valence-electron chi connectivity index (χ4n) is 3.05. The predicted octanol–water partition coefficient (Wildman–Crippen LogP) is 3.05. The van der Waals surface area contributed by atoms with E-state index in [4.69, 9.17) is 0 Å². The predicted molar refractivity (Wildman–Crippen MR) is 119 cm³/mol. The number of rotatable bonds is 9. The van der Waals surface area contributed by atoms with Crippen LogP contribution in [0.1, 0.15) is 22.6 Å². The minimum absolute atomic E-state index is 0.138. The lowest BCUT2D eigenvalue weighted by molar-refractivity contribution is -0.389. The summed E-state index contributed by atoms with van der Waals surface area (Å²) in [4.78, 5) is 26.9. The summed E-state index contributed by atoms with van der Waals surface area (Å²) < 4.78 is 26.5. The van der Waals surface area contributed by atoms with Crippen molar-refractivity contribution in [1.82, 2.24) is 14.9 Å². The smallest absolute Gasteiger partial charge is 0.358 e. The molecule has 10 heteroatoms. The number of nitrogens with zero attached hydrogens (tertiary/aromatic N) is 3.